The summed E-state index contributed by atoms with van der Waals surface area (Å²) in [7, 11) is -3.84. The van der Waals surface area contributed by atoms with Crippen LogP contribution in [0.3, 0.4) is 0 Å². The van der Waals surface area contributed by atoms with Crippen LogP contribution in [0.25, 0.3) is 0 Å². The predicted octanol–water partition coefficient (Wildman–Crippen LogP) is 1.57. The van der Waals surface area contributed by atoms with Crippen LogP contribution in [-0.2, 0) is 27.8 Å². The van der Waals surface area contributed by atoms with Crippen molar-refractivity contribution < 1.29 is 18.4 Å². The predicted molar refractivity (Wildman–Crippen MR) is 90.7 cm³/mol. The highest BCUT2D eigenvalue weighted by molar-refractivity contribution is 7.89. The molecule has 0 saturated carbocycles. The molecule has 0 aliphatic carbocycles. The number of hydrogen-bond donors (Lipinski definition) is 2. The van der Waals surface area contributed by atoms with Crippen molar-refractivity contribution in [2.75, 3.05) is 12.3 Å². The Labute approximate surface area is 141 Å². The van der Waals surface area contributed by atoms with Crippen molar-refractivity contribution in [3.8, 4) is 0 Å². The zero-order valence-corrected chi connectivity index (χ0v) is 13.9. The van der Waals surface area contributed by atoms with E-state index >= 15 is 0 Å². The molecule has 0 unspecified atom stereocenters. The van der Waals surface area contributed by atoms with Gasteiger partial charge in [0.15, 0.2) is 0 Å². The van der Waals surface area contributed by atoms with Crippen molar-refractivity contribution >= 4 is 15.9 Å². The summed E-state index contributed by atoms with van der Waals surface area (Å²) in [5, 5.41) is 8.60. The second kappa shape index (κ2) is 8.58. The highest BCUT2D eigenvalue weighted by atomic mass is 32.2. The first-order chi connectivity index (χ1) is 11.5. The lowest BCUT2D eigenvalue weighted by atomic mass is 10.1. The van der Waals surface area contributed by atoms with Gasteiger partial charge in [0.1, 0.15) is 5.75 Å². The summed E-state index contributed by atoms with van der Waals surface area (Å²) in [6.07, 6.45) is 0.535. The molecule has 0 fully saturated rings. The molecule has 0 aliphatic heterocycles. The van der Waals surface area contributed by atoms with Crippen LogP contribution in [0.4, 0.5) is 0 Å². The van der Waals surface area contributed by atoms with E-state index in [1.54, 1.807) is 0 Å². The smallest absolute Gasteiger partial charge is 0.259 e. The van der Waals surface area contributed by atoms with Crippen molar-refractivity contribution in [3.05, 3.63) is 71.8 Å². The lowest BCUT2D eigenvalue weighted by Gasteiger charge is -2.22. The molecule has 2 aromatic carbocycles. The van der Waals surface area contributed by atoms with Gasteiger partial charge in [-0.15, -0.1) is 0 Å². The number of hydroxylamine groups is 1. The van der Waals surface area contributed by atoms with Crippen LogP contribution < -0.4 is 5.48 Å². The van der Waals surface area contributed by atoms with E-state index in [0.717, 1.165) is 11.1 Å². The van der Waals surface area contributed by atoms with E-state index in [1.165, 1.54) is 9.79 Å². The maximum absolute atomic E-state index is 12.5. The maximum atomic E-state index is 12.5. The van der Waals surface area contributed by atoms with Gasteiger partial charge >= 0.3 is 0 Å². The van der Waals surface area contributed by atoms with Gasteiger partial charge < -0.3 is 0 Å². The Bertz CT molecular complexity index is 749. The SMILES string of the molecule is O=C(CS(=O)(=O)N(CCc1ccccc1)Cc1ccccc1)NO. The number of carbonyl (C=O) groups excluding carboxylic acids is 1. The Morgan fingerprint density at radius 2 is 1.50 bits per heavy atom. The summed E-state index contributed by atoms with van der Waals surface area (Å²) in [4.78, 5) is 11.3. The normalized spacial score (nSPS) is 11.4. The number of rotatable bonds is 8. The zero-order chi connectivity index (χ0) is 17.4. The molecule has 0 aliphatic rings. The molecule has 0 spiro atoms. The molecule has 2 rings (SSSR count). The number of nitrogens with zero attached hydrogens (tertiary/aromatic N) is 1. The Kier molecular flexibility index (Phi) is 6.48. The third-order valence-electron chi connectivity index (χ3n) is 3.53. The molecule has 2 N–H and O–H groups in total. The number of hydrogen-bond acceptors (Lipinski definition) is 4. The molecule has 128 valence electrons. The first kappa shape index (κ1) is 18.1. The number of nitrogens with one attached hydrogen (secondary N) is 1. The van der Waals surface area contributed by atoms with E-state index in [9.17, 15) is 13.2 Å². The number of amides is 1. The van der Waals surface area contributed by atoms with Gasteiger partial charge in [0, 0.05) is 13.1 Å². The summed E-state index contributed by atoms with van der Waals surface area (Å²) in [6.45, 7) is 0.425. The standard InChI is InChI=1S/C17H20N2O4S/c20-17(18-21)14-24(22,23)19(13-16-9-5-2-6-10-16)12-11-15-7-3-1-4-8-15/h1-10,21H,11-14H2,(H,18,20). The van der Waals surface area contributed by atoms with Crippen molar-refractivity contribution in [1.29, 1.82) is 0 Å². The van der Waals surface area contributed by atoms with Gasteiger partial charge in [0.05, 0.1) is 0 Å². The zero-order valence-electron chi connectivity index (χ0n) is 13.1. The third-order valence-corrected chi connectivity index (χ3v) is 5.25. The molecular formula is C17H20N2O4S. The number of sulfonamides is 1. The van der Waals surface area contributed by atoms with Crippen molar-refractivity contribution in [2.45, 2.75) is 13.0 Å². The van der Waals surface area contributed by atoms with Crippen molar-refractivity contribution in [1.82, 2.24) is 9.79 Å². The highest BCUT2D eigenvalue weighted by Crippen LogP contribution is 2.12. The molecule has 6 nitrogen and oxygen atoms in total. The van der Waals surface area contributed by atoms with Crippen LogP contribution in [0.5, 0.6) is 0 Å². The molecule has 2 aromatic rings. The summed E-state index contributed by atoms with van der Waals surface area (Å²) in [5.74, 6) is -1.74. The van der Waals surface area contributed by atoms with Gasteiger partial charge in [-0.25, -0.2) is 13.9 Å². The minimum Gasteiger partial charge on any atom is -0.289 e. The van der Waals surface area contributed by atoms with E-state index in [4.69, 9.17) is 5.21 Å². The third kappa shape index (κ3) is 5.45. The number of carbonyl (C=O) groups is 1. The quantitative estimate of drug-likeness (QED) is 0.560. The Hall–Kier alpha value is -2.22. The first-order valence-electron chi connectivity index (χ1n) is 7.50. The summed E-state index contributed by atoms with van der Waals surface area (Å²) < 4.78 is 26.2. The molecule has 0 radical (unpaired) electrons. The molecular weight excluding hydrogens is 328 g/mol. The van der Waals surface area contributed by atoms with E-state index in [0.29, 0.717) is 6.42 Å². The Morgan fingerprint density at radius 3 is 2.04 bits per heavy atom. The van der Waals surface area contributed by atoms with Crippen LogP contribution in [0.1, 0.15) is 11.1 Å². The van der Waals surface area contributed by atoms with Crippen molar-refractivity contribution in [2.24, 2.45) is 0 Å². The van der Waals surface area contributed by atoms with Gasteiger partial charge in [-0.05, 0) is 17.5 Å². The fourth-order valence-corrected chi connectivity index (χ4v) is 3.58. The van der Waals surface area contributed by atoms with Crippen LogP contribution in [-0.4, -0.2) is 36.1 Å². The van der Waals surface area contributed by atoms with Crippen LogP contribution >= 0.6 is 0 Å². The van der Waals surface area contributed by atoms with Crippen LogP contribution in [0.2, 0.25) is 0 Å². The fourth-order valence-electron chi connectivity index (χ4n) is 2.29. The van der Waals surface area contributed by atoms with Gasteiger partial charge in [-0.3, -0.25) is 10.0 Å². The molecule has 24 heavy (non-hydrogen) atoms. The summed E-state index contributed by atoms with van der Waals surface area (Å²) >= 11 is 0. The second-order valence-electron chi connectivity index (χ2n) is 5.35. The molecule has 7 heteroatoms. The fraction of sp³-hybridized carbons (Fsp3) is 0.235. The van der Waals surface area contributed by atoms with Gasteiger partial charge in [0.2, 0.25) is 10.0 Å². The van der Waals surface area contributed by atoms with E-state index < -0.39 is 21.7 Å². The average molecular weight is 348 g/mol. The minimum absolute atomic E-state index is 0.175. The van der Waals surface area contributed by atoms with Gasteiger partial charge in [-0.1, -0.05) is 60.7 Å². The van der Waals surface area contributed by atoms with Gasteiger partial charge in [-0.2, -0.15) is 4.31 Å². The lowest BCUT2D eigenvalue weighted by molar-refractivity contribution is -0.126. The maximum Gasteiger partial charge on any atom is 0.259 e. The molecule has 0 heterocycles. The van der Waals surface area contributed by atoms with Crippen LogP contribution in [0.15, 0.2) is 60.7 Å². The molecule has 0 atom stereocenters. The van der Waals surface area contributed by atoms with E-state index in [-0.39, 0.29) is 13.1 Å². The van der Waals surface area contributed by atoms with E-state index in [2.05, 4.69) is 0 Å². The lowest BCUT2D eigenvalue weighted by Crippen LogP contribution is -2.39. The largest absolute Gasteiger partial charge is 0.289 e. The molecule has 0 bridgehead atoms. The number of benzene rings is 2. The second-order valence-corrected chi connectivity index (χ2v) is 7.31. The highest BCUT2D eigenvalue weighted by Gasteiger charge is 2.25. The first-order valence-corrected chi connectivity index (χ1v) is 9.11. The minimum atomic E-state index is -3.84. The Balaban J connectivity index is 2.15. The molecule has 0 aromatic heterocycles. The van der Waals surface area contributed by atoms with E-state index in [1.807, 2.05) is 60.7 Å². The monoisotopic (exact) mass is 348 g/mol. The Morgan fingerprint density at radius 1 is 0.958 bits per heavy atom. The van der Waals surface area contributed by atoms with Gasteiger partial charge in [0.25, 0.3) is 5.91 Å². The topological polar surface area (TPSA) is 86.7 Å². The summed E-state index contributed by atoms with van der Waals surface area (Å²) in [5.41, 5.74) is 3.21. The van der Waals surface area contributed by atoms with Crippen LogP contribution in [0, 0.1) is 0 Å². The van der Waals surface area contributed by atoms with Crippen molar-refractivity contribution in [3.63, 3.8) is 0 Å². The molecule has 0 saturated heterocycles. The summed E-state index contributed by atoms with van der Waals surface area (Å²) in [6, 6.07) is 18.7. The average Bonchev–Trinajstić information content (AvgIpc) is 2.59. The molecule has 1 amide bonds.